The predicted octanol–water partition coefficient (Wildman–Crippen LogP) is 2.57. The van der Waals surface area contributed by atoms with Crippen LogP contribution in [0.2, 0.25) is 0 Å². The molecule has 9 unspecified atom stereocenters. The molecule has 2 saturated heterocycles. The van der Waals surface area contributed by atoms with Crippen molar-refractivity contribution in [3.05, 3.63) is 11.8 Å². The van der Waals surface area contributed by atoms with Gasteiger partial charge in [-0.1, -0.05) is 25.7 Å². The number of ether oxygens (including phenoxy) is 2. The predicted molar refractivity (Wildman–Crippen MR) is 139 cm³/mol. The average Bonchev–Trinajstić information content (AvgIpc) is 3.27. The molecule has 0 N–H and O–H groups in total. The Kier molecular flexibility index (Phi) is 6.11. The summed E-state index contributed by atoms with van der Waals surface area (Å²) in [4.78, 5) is 38.2. The lowest BCUT2D eigenvalue weighted by Crippen LogP contribution is -2.73. The number of ketones is 1. The fourth-order valence-corrected chi connectivity index (χ4v) is 8.69. The number of rotatable bonds is 2. The Morgan fingerprint density at radius 2 is 1.82 bits per heavy atom. The van der Waals surface area contributed by atoms with Gasteiger partial charge in [0.05, 0.1) is 54.9 Å². The molecule has 208 valence electrons. The fourth-order valence-electron chi connectivity index (χ4n) is 8.69. The number of nitrogens with zero attached hydrogens (tertiary/aromatic N) is 4. The van der Waals surface area contributed by atoms with Crippen LogP contribution in [0, 0.1) is 17.8 Å². The van der Waals surface area contributed by atoms with Crippen molar-refractivity contribution in [3.8, 4) is 0 Å². The number of carbonyl (C=O) groups excluding carboxylic acids is 2. The molecule has 3 saturated carbocycles. The Hall–Kier alpha value is -2.00. The minimum Gasteiger partial charge on any atom is -0.378 e. The number of morpholine rings is 2. The Labute approximate surface area is 224 Å². The highest BCUT2D eigenvalue weighted by Crippen LogP contribution is 2.51. The molecule has 7 aliphatic rings. The van der Waals surface area contributed by atoms with Crippen LogP contribution in [-0.2, 0) is 19.1 Å². The standard InChI is InChI=1S/C29H41FN4O4/c1-29(2)15-33(16-31-29)25-21(30)13-19-24-27(25)38-23-12-18-6-4-3-5-17(18)11-22(23)34(24)14-20(26(19)35)28(36)32-7-9-37-10-8-32/h14,16-19,21-25,27H,3-13,15H2,1-2H3. The van der Waals surface area contributed by atoms with Crippen molar-refractivity contribution in [3.63, 3.8) is 0 Å². The van der Waals surface area contributed by atoms with E-state index in [9.17, 15) is 9.59 Å². The highest BCUT2D eigenvalue weighted by Gasteiger charge is 2.61. The number of carbonyl (C=O) groups is 2. The van der Waals surface area contributed by atoms with Crippen LogP contribution < -0.4 is 0 Å². The zero-order chi connectivity index (χ0) is 26.2. The van der Waals surface area contributed by atoms with Gasteiger partial charge in [-0.15, -0.1) is 0 Å². The first-order chi connectivity index (χ1) is 18.3. The molecule has 38 heavy (non-hydrogen) atoms. The largest absolute Gasteiger partial charge is 0.378 e. The summed E-state index contributed by atoms with van der Waals surface area (Å²) in [6, 6.07) is -0.606. The number of alkyl halides is 1. The van der Waals surface area contributed by atoms with Crippen LogP contribution in [0.3, 0.4) is 0 Å². The van der Waals surface area contributed by atoms with E-state index >= 15 is 4.39 Å². The summed E-state index contributed by atoms with van der Waals surface area (Å²) in [6.45, 7) is 6.69. The molecule has 5 fully saturated rings. The fraction of sp³-hybridized carbons (Fsp3) is 0.828. The number of hydrogen-bond donors (Lipinski definition) is 0. The Morgan fingerprint density at radius 1 is 1.08 bits per heavy atom. The van der Waals surface area contributed by atoms with Gasteiger partial charge in [0.2, 0.25) is 0 Å². The van der Waals surface area contributed by atoms with Crippen molar-refractivity contribution in [2.45, 2.75) is 101 Å². The van der Waals surface area contributed by atoms with E-state index in [-0.39, 0.29) is 47.4 Å². The summed E-state index contributed by atoms with van der Waals surface area (Å²) in [5.41, 5.74) is -0.0407. The summed E-state index contributed by atoms with van der Waals surface area (Å²) in [7, 11) is 0. The van der Waals surface area contributed by atoms with Gasteiger partial charge >= 0.3 is 0 Å². The normalized spacial score (nSPS) is 43.8. The van der Waals surface area contributed by atoms with E-state index in [0.717, 1.165) is 12.8 Å². The van der Waals surface area contributed by atoms with E-state index in [1.807, 2.05) is 11.1 Å². The number of fused-ring (bicyclic) bond motifs is 3. The number of amides is 1. The second-order valence-electron chi connectivity index (χ2n) is 13.3. The number of hydrogen-bond acceptors (Lipinski definition) is 7. The Bertz CT molecular complexity index is 1040. The first kappa shape index (κ1) is 25.0. The van der Waals surface area contributed by atoms with Crippen molar-refractivity contribution in [1.29, 1.82) is 0 Å². The van der Waals surface area contributed by atoms with Gasteiger partial charge in [0.15, 0.2) is 5.78 Å². The van der Waals surface area contributed by atoms with Crippen LogP contribution in [0.15, 0.2) is 16.8 Å². The molecule has 8 nitrogen and oxygen atoms in total. The molecule has 7 rings (SSSR count). The van der Waals surface area contributed by atoms with Crippen molar-refractivity contribution in [1.82, 2.24) is 14.7 Å². The summed E-state index contributed by atoms with van der Waals surface area (Å²) in [6.07, 6.45) is 9.15. The van der Waals surface area contributed by atoms with Crippen molar-refractivity contribution >= 4 is 18.0 Å². The maximum Gasteiger partial charge on any atom is 0.259 e. The van der Waals surface area contributed by atoms with Gasteiger partial charge in [0.25, 0.3) is 5.91 Å². The first-order valence-corrected chi connectivity index (χ1v) is 14.8. The van der Waals surface area contributed by atoms with Crippen molar-refractivity contribution < 1.29 is 23.5 Å². The maximum absolute atomic E-state index is 16.2. The zero-order valence-electron chi connectivity index (χ0n) is 22.6. The van der Waals surface area contributed by atoms with Crippen LogP contribution in [0.25, 0.3) is 0 Å². The van der Waals surface area contributed by atoms with Crippen molar-refractivity contribution in [2.24, 2.45) is 22.7 Å². The van der Waals surface area contributed by atoms with Gasteiger partial charge in [0.1, 0.15) is 12.3 Å². The molecular formula is C29H41FN4O4. The highest BCUT2D eigenvalue weighted by atomic mass is 19.1. The van der Waals surface area contributed by atoms with E-state index < -0.39 is 24.2 Å². The lowest BCUT2D eigenvalue weighted by atomic mass is 9.64. The molecular weight excluding hydrogens is 487 g/mol. The summed E-state index contributed by atoms with van der Waals surface area (Å²) in [5.74, 6) is 0.297. The molecule has 0 aromatic heterocycles. The van der Waals surface area contributed by atoms with Gasteiger partial charge in [-0.05, 0) is 44.9 Å². The monoisotopic (exact) mass is 528 g/mol. The van der Waals surface area contributed by atoms with Crippen LogP contribution >= 0.6 is 0 Å². The molecule has 1 amide bonds. The second-order valence-corrected chi connectivity index (χ2v) is 13.3. The number of Topliss-reactive ketones (excluding diaryl/α,β-unsaturated/α-hetero) is 1. The summed E-state index contributed by atoms with van der Waals surface area (Å²) in [5, 5.41) is 0. The summed E-state index contributed by atoms with van der Waals surface area (Å²) >= 11 is 0. The molecule has 4 aliphatic heterocycles. The van der Waals surface area contributed by atoms with Crippen LogP contribution in [0.4, 0.5) is 4.39 Å². The van der Waals surface area contributed by atoms with E-state index in [2.05, 4.69) is 23.7 Å². The summed E-state index contributed by atoms with van der Waals surface area (Å²) < 4.78 is 28.5. The van der Waals surface area contributed by atoms with E-state index in [1.54, 1.807) is 11.2 Å². The van der Waals surface area contributed by atoms with Crippen LogP contribution in [0.5, 0.6) is 0 Å². The van der Waals surface area contributed by atoms with Gasteiger partial charge in [-0.25, -0.2) is 4.39 Å². The van der Waals surface area contributed by atoms with E-state index in [4.69, 9.17) is 9.47 Å². The second kappa shape index (κ2) is 9.29. The highest BCUT2D eigenvalue weighted by molar-refractivity contribution is 6.20. The van der Waals surface area contributed by atoms with Gasteiger partial charge in [-0.3, -0.25) is 14.6 Å². The van der Waals surface area contributed by atoms with Crippen LogP contribution in [-0.4, -0.2) is 108 Å². The van der Waals surface area contributed by atoms with Gasteiger partial charge in [-0.2, -0.15) is 0 Å². The number of aliphatic imine (C=N–C) groups is 1. The topological polar surface area (TPSA) is 74.7 Å². The number of halogens is 1. The molecule has 0 aromatic rings. The Balaban J connectivity index is 1.26. The van der Waals surface area contributed by atoms with Gasteiger partial charge < -0.3 is 24.2 Å². The molecule has 9 atom stereocenters. The maximum atomic E-state index is 16.2. The lowest BCUT2D eigenvalue weighted by molar-refractivity contribution is -0.216. The third-order valence-corrected chi connectivity index (χ3v) is 10.5. The average molecular weight is 529 g/mol. The van der Waals surface area contributed by atoms with Crippen molar-refractivity contribution in [2.75, 3.05) is 32.8 Å². The van der Waals surface area contributed by atoms with E-state index in [0.29, 0.717) is 44.7 Å². The lowest BCUT2D eigenvalue weighted by Gasteiger charge is -2.61. The Morgan fingerprint density at radius 3 is 2.53 bits per heavy atom. The molecule has 0 bridgehead atoms. The minimum absolute atomic E-state index is 0.0132. The minimum atomic E-state index is -1.23. The van der Waals surface area contributed by atoms with E-state index in [1.165, 1.54) is 25.7 Å². The quantitative estimate of drug-likeness (QED) is 0.513. The molecule has 4 heterocycles. The molecule has 0 spiro atoms. The molecule has 0 radical (unpaired) electrons. The third-order valence-electron chi connectivity index (χ3n) is 10.5. The molecule has 3 aliphatic carbocycles. The third kappa shape index (κ3) is 4.02. The molecule has 0 aromatic carbocycles. The SMILES string of the molecule is CC1(C)CN(C2C(F)CC3C(=O)C(C(=O)N4CCOCC4)=CN4C5CC6CCCCC6CC5OC2C34)C=N1. The van der Waals surface area contributed by atoms with Crippen LogP contribution in [0.1, 0.15) is 58.8 Å². The first-order valence-electron chi connectivity index (χ1n) is 14.8. The molecule has 9 heteroatoms. The zero-order valence-corrected chi connectivity index (χ0v) is 22.6. The smallest absolute Gasteiger partial charge is 0.259 e. The van der Waals surface area contributed by atoms with Gasteiger partial charge in [0, 0.05) is 31.8 Å².